The molecule has 0 spiro atoms. The number of aromatic nitrogens is 4. The lowest BCUT2D eigenvalue weighted by Crippen LogP contribution is -2.20. The summed E-state index contributed by atoms with van der Waals surface area (Å²) in [6.07, 6.45) is -1.54. The number of nitrogens with zero attached hydrogens (tertiary/aromatic N) is 4. The topological polar surface area (TPSA) is 81.9 Å². The van der Waals surface area contributed by atoms with Crippen molar-refractivity contribution in [2.45, 2.75) is 25.0 Å². The standard InChI is InChI=1S/C18H16F3N5O2S/c1-2-26-16(12-6-5-9-22-10-12)24-25-17(26)29-11-15(27)23-13-7-3-4-8-14(13)28-18(19,20)21/h3-10H,2,11H2,1H3,(H,23,27). The van der Waals surface area contributed by atoms with Gasteiger partial charge in [-0.25, -0.2) is 0 Å². The smallest absolute Gasteiger partial charge is 0.404 e. The molecule has 29 heavy (non-hydrogen) atoms. The van der Waals surface area contributed by atoms with Crippen LogP contribution < -0.4 is 10.1 Å². The van der Waals surface area contributed by atoms with E-state index in [1.165, 1.54) is 18.2 Å². The van der Waals surface area contributed by atoms with Gasteiger partial charge < -0.3 is 14.6 Å². The molecule has 11 heteroatoms. The Hall–Kier alpha value is -3.08. The van der Waals surface area contributed by atoms with Crippen molar-refractivity contribution >= 4 is 23.4 Å². The Morgan fingerprint density at radius 3 is 2.69 bits per heavy atom. The molecule has 2 heterocycles. The fourth-order valence-electron chi connectivity index (χ4n) is 2.49. The van der Waals surface area contributed by atoms with Gasteiger partial charge in [0.25, 0.3) is 0 Å². The predicted molar refractivity (Wildman–Crippen MR) is 101 cm³/mol. The maximum atomic E-state index is 12.5. The molecule has 1 aromatic carbocycles. The summed E-state index contributed by atoms with van der Waals surface area (Å²) < 4.78 is 43.2. The van der Waals surface area contributed by atoms with Gasteiger partial charge in [-0.1, -0.05) is 23.9 Å². The second-order valence-electron chi connectivity index (χ2n) is 5.67. The van der Waals surface area contributed by atoms with Crippen LogP contribution in [0.4, 0.5) is 18.9 Å². The van der Waals surface area contributed by atoms with E-state index in [0.29, 0.717) is 17.5 Å². The summed E-state index contributed by atoms with van der Waals surface area (Å²) in [6, 6.07) is 8.98. The molecular weight excluding hydrogens is 407 g/mol. The molecule has 0 radical (unpaired) electrons. The molecule has 0 bridgehead atoms. The molecule has 0 saturated carbocycles. The van der Waals surface area contributed by atoms with E-state index in [9.17, 15) is 18.0 Å². The molecule has 0 unspecified atom stereocenters. The van der Waals surface area contributed by atoms with Gasteiger partial charge in [-0.3, -0.25) is 9.78 Å². The number of halogens is 3. The lowest BCUT2D eigenvalue weighted by Gasteiger charge is -2.13. The molecule has 0 atom stereocenters. The molecule has 7 nitrogen and oxygen atoms in total. The van der Waals surface area contributed by atoms with Crippen LogP contribution in [-0.4, -0.2) is 37.8 Å². The largest absolute Gasteiger partial charge is 0.573 e. The first-order valence-corrected chi connectivity index (χ1v) is 9.47. The van der Waals surface area contributed by atoms with Crippen LogP contribution in [0.2, 0.25) is 0 Å². The van der Waals surface area contributed by atoms with Gasteiger partial charge in [-0.2, -0.15) is 0 Å². The van der Waals surface area contributed by atoms with E-state index in [0.717, 1.165) is 23.4 Å². The van der Waals surface area contributed by atoms with Crippen LogP contribution in [0.15, 0.2) is 53.9 Å². The molecule has 152 valence electrons. The van der Waals surface area contributed by atoms with Crippen LogP contribution in [0.3, 0.4) is 0 Å². The van der Waals surface area contributed by atoms with Crippen molar-refractivity contribution in [1.29, 1.82) is 0 Å². The molecule has 0 fully saturated rings. The minimum atomic E-state index is -4.85. The normalized spacial score (nSPS) is 11.3. The third-order valence-electron chi connectivity index (χ3n) is 3.67. The van der Waals surface area contributed by atoms with Gasteiger partial charge in [0.15, 0.2) is 16.7 Å². The zero-order valence-corrected chi connectivity index (χ0v) is 16.0. The minimum Gasteiger partial charge on any atom is -0.404 e. The van der Waals surface area contributed by atoms with Crippen molar-refractivity contribution in [2.75, 3.05) is 11.1 Å². The molecule has 3 aromatic rings. The molecule has 3 rings (SSSR count). The van der Waals surface area contributed by atoms with E-state index in [1.54, 1.807) is 18.5 Å². The molecule has 1 N–H and O–H groups in total. The van der Waals surface area contributed by atoms with Crippen LogP contribution in [0, 0.1) is 0 Å². The Balaban J connectivity index is 1.67. The molecule has 1 amide bonds. The summed E-state index contributed by atoms with van der Waals surface area (Å²) in [5, 5.41) is 11.2. The molecular formula is C18H16F3N5O2S. The summed E-state index contributed by atoms with van der Waals surface area (Å²) in [5.74, 6) is -0.422. The number of amides is 1. The van der Waals surface area contributed by atoms with E-state index in [2.05, 4.69) is 25.2 Å². The first kappa shape index (κ1) is 20.6. The minimum absolute atomic E-state index is 0.0640. The predicted octanol–water partition coefficient (Wildman–Crippen LogP) is 3.99. The summed E-state index contributed by atoms with van der Waals surface area (Å²) in [7, 11) is 0. The number of benzene rings is 1. The third kappa shape index (κ3) is 5.47. The number of hydrogen-bond donors (Lipinski definition) is 1. The summed E-state index contributed by atoms with van der Waals surface area (Å²) in [6.45, 7) is 2.49. The van der Waals surface area contributed by atoms with E-state index in [4.69, 9.17) is 0 Å². The molecule has 2 aromatic heterocycles. The molecule has 0 aliphatic heterocycles. The van der Waals surface area contributed by atoms with Crippen molar-refractivity contribution in [2.24, 2.45) is 0 Å². The van der Waals surface area contributed by atoms with Gasteiger partial charge in [-0.05, 0) is 31.2 Å². The number of alkyl halides is 3. The SMILES string of the molecule is CCn1c(SCC(=O)Nc2ccccc2OC(F)(F)F)nnc1-c1cccnc1. The number of anilines is 1. The van der Waals surface area contributed by atoms with E-state index in [-0.39, 0.29) is 11.4 Å². The van der Waals surface area contributed by atoms with Crippen molar-refractivity contribution in [1.82, 2.24) is 19.7 Å². The molecule has 0 saturated heterocycles. The quantitative estimate of drug-likeness (QED) is 0.579. The number of carbonyl (C=O) groups is 1. The van der Waals surface area contributed by atoms with Crippen molar-refractivity contribution in [3.05, 3.63) is 48.8 Å². The maximum absolute atomic E-state index is 12.5. The third-order valence-corrected chi connectivity index (χ3v) is 4.64. The van der Waals surface area contributed by atoms with Crippen molar-refractivity contribution < 1.29 is 22.7 Å². The number of ether oxygens (including phenoxy) is 1. The number of pyridine rings is 1. The highest BCUT2D eigenvalue weighted by molar-refractivity contribution is 7.99. The van der Waals surface area contributed by atoms with Gasteiger partial charge in [-0.15, -0.1) is 23.4 Å². The second kappa shape index (κ2) is 8.95. The van der Waals surface area contributed by atoms with Crippen molar-refractivity contribution in [3.8, 4) is 17.1 Å². The van der Waals surface area contributed by atoms with Crippen LogP contribution in [0.25, 0.3) is 11.4 Å². The van der Waals surface area contributed by atoms with Gasteiger partial charge >= 0.3 is 6.36 Å². The van der Waals surface area contributed by atoms with Gasteiger partial charge in [0, 0.05) is 24.5 Å². The summed E-state index contributed by atoms with van der Waals surface area (Å²) in [4.78, 5) is 16.3. The fourth-order valence-corrected chi connectivity index (χ4v) is 3.29. The lowest BCUT2D eigenvalue weighted by atomic mass is 10.3. The number of carbonyl (C=O) groups excluding carboxylic acids is 1. The summed E-state index contributed by atoms with van der Waals surface area (Å²) >= 11 is 1.13. The lowest BCUT2D eigenvalue weighted by molar-refractivity contribution is -0.274. The van der Waals surface area contributed by atoms with Gasteiger partial charge in [0.1, 0.15) is 0 Å². The van der Waals surface area contributed by atoms with Crippen LogP contribution in [0.5, 0.6) is 5.75 Å². The van der Waals surface area contributed by atoms with E-state index < -0.39 is 18.0 Å². The van der Waals surface area contributed by atoms with Crippen LogP contribution in [0.1, 0.15) is 6.92 Å². The van der Waals surface area contributed by atoms with Crippen LogP contribution in [-0.2, 0) is 11.3 Å². The highest BCUT2D eigenvalue weighted by atomic mass is 32.2. The molecule has 0 aliphatic carbocycles. The first-order valence-electron chi connectivity index (χ1n) is 8.48. The first-order chi connectivity index (χ1) is 13.9. The number of hydrogen-bond acceptors (Lipinski definition) is 6. The number of nitrogens with one attached hydrogen (secondary N) is 1. The zero-order valence-electron chi connectivity index (χ0n) is 15.2. The fraction of sp³-hybridized carbons (Fsp3) is 0.222. The van der Waals surface area contributed by atoms with Crippen molar-refractivity contribution in [3.63, 3.8) is 0 Å². The van der Waals surface area contributed by atoms with Gasteiger partial charge in [0.2, 0.25) is 5.91 Å². The average Bonchev–Trinajstić information content (AvgIpc) is 3.10. The van der Waals surface area contributed by atoms with Crippen LogP contribution >= 0.6 is 11.8 Å². The number of thioether (sulfide) groups is 1. The van der Waals surface area contributed by atoms with E-state index >= 15 is 0 Å². The highest BCUT2D eigenvalue weighted by Gasteiger charge is 2.32. The molecule has 0 aliphatic rings. The number of para-hydroxylation sites is 2. The number of rotatable bonds is 7. The maximum Gasteiger partial charge on any atom is 0.573 e. The summed E-state index contributed by atoms with van der Waals surface area (Å²) in [5.41, 5.74) is 0.722. The monoisotopic (exact) mass is 423 g/mol. The Morgan fingerprint density at radius 2 is 2.00 bits per heavy atom. The Morgan fingerprint density at radius 1 is 1.21 bits per heavy atom. The Kier molecular flexibility index (Phi) is 6.37. The second-order valence-corrected chi connectivity index (χ2v) is 6.62. The highest BCUT2D eigenvalue weighted by Crippen LogP contribution is 2.30. The van der Waals surface area contributed by atoms with E-state index in [1.807, 2.05) is 17.6 Å². The Bertz CT molecular complexity index is 979. The van der Waals surface area contributed by atoms with Gasteiger partial charge in [0.05, 0.1) is 11.4 Å². The zero-order chi connectivity index (χ0) is 20.9. The Labute approximate surface area is 168 Å². The average molecular weight is 423 g/mol.